The molecular formula is C24H24NaO8P. The Hall–Kier alpha value is -2.48. The molecule has 0 N–H and O–H groups in total. The molecule has 0 aliphatic heterocycles. The van der Waals surface area contributed by atoms with Crippen molar-refractivity contribution in [1.82, 2.24) is 0 Å². The van der Waals surface area contributed by atoms with Crippen molar-refractivity contribution >= 4 is 13.6 Å². The molecule has 0 aromatic heterocycles. The number of Topliss-reactive ketones (excluding diaryl/α,β-unsaturated/α-hetero) is 1. The second kappa shape index (κ2) is 12.8. The van der Waals surface area contributed by atoms with Gasteiger partial charge in [0, 0.05) is 18.6 Å². The second-order valence-electron chi connectivity index (χ2n) is 6.92. The van der Waals surface area contributed by atoms with Crippen LogP contribution in [0.15, 0.2) is 66.7 Å². The van der Waals surface area contributed by atoms with Crippen molar-refractivity contribution < 1.29 is 67.1 Å². The molecule has 10 heteroatoms. The number of methoxy groups -OCH3 is 3. The van der Waals surface area contributed by atoms with E-state index in [4.69, 9.17) is 23.3 Å². The average molecular weight is 494 g/mol. The van der Waals surface area contributed by atoms with Gasteiger partial charge in [-0.25, -0.2) is 4.57 Å². The zero-order chi connectivity index (χ0) is 23.8. The van der Waals surface area contributed by atoms with Gasteiger partial charge >= 0.3 is 37.4 Å². The molecule has 1 atom stereocenters. The van der Waals surface area contributed by atoms with Crippen molar-refractivity contribution in [2.24, 2.45) is 0 Å². The van der Waals surface area contributed by atoms with Crippen LogP contribution < -0.4 is 57.7 Å². The van der Waals surface area contributed by atoms with Crippen LogP contribution in [0, 0.1) is 0 Å². The third-order valence-corrected chi connectivity index (χ3v) is 5.60. The Bertz CT molecular complexity index is 1110. The summed E-state index contributed by atoms with van der Waals surface area (Å²) in [7, 11) is -0.422. The maximum atomic E-state index is 13.0. The van der Waals surface area contributed by atoms with Crippen LogP contribution in [0.5, 0.6) is 28.7 Å². The van der Waals surface area contributed by atoms with Crippen LogP contribution in [-0.4, -0.2) is 27.1 Å². The molecule has 0 aliphatic carbocycles. The predicted octanol–water partition coefficient (Wildman–Crippen LogP) is 1.46. The minimum Gasteiger partial charge on any atom is -0.736 e. The fourth-order valence-electron chi connectivity index (χ4n) is 3.15. The van der Waals surface area contributed by atoms with Crippen LogP contribution in [-0.2, 0) is 11.0 Å². The minimum atomic E-state index is -4.75. The summed E-state index contributed by atoms with van der Waals surface area (Å²) in [5, 5.41) is 0. The number of hydrogen-bond donors (Lipinski definition) is 0. The van der Waals surface area contributed by atoms with Crippen LogP contribution in [0.25, 0.3) is 0 Å². The van der Waals surface area contributed by atoms with E-state index in [9.17, 15) is 14.3 Å². The van der Waals surface area contributed by atoms with Gasteiger partial charge in [-0.2, -0.15) is 0 Å². The van der Waals surface area contributed by atoms with Crippen molar-refractivity contribution in [1.29, 1.82) is 0 Å². The number of carbonyl (C=O) groups is 1. The van der Waals surface area contributed by atoms with Gasteiger partial charge in [0.25, 0.3) is 0 Å². The Morgan fingerprint density at radius 1 is 0.794 bits per heavy atom. The smallest absolute Gasteiger partial charge is 0.736 e. The molecule has 0 radical (unpaired) electrons. The van der Waals surface area contributed by atoms with Crippen molar-refractivity contribution in [3.63, 3.8) is 0 Å². The number of phosphoric acid groups is 1. The molecule has 0 saturated carbocycles. The van der Waals surface area contributed by atoms with Crippen LogP contribution in [0.4, 0.5) is 0 Å². The van der Waals surface area contributed by atoms with Crippen molar-refractivity contribution in [3.8, 4) is 28.7 Å². The monoisotopic (exact) mass is 494 g/mol. The Morgan fingerprint density at radius 2 is 1.35 bits per heavy atom. The summed E-state index contributed by atoms with van der Waals surface area (Å²) in [4.78, 5) is 25.3. The van der Waals surface area contributed by atoms with E-state index in [0.29, 0.717) is 6.42 Å². The summed E-state index contributed by atoms with van der Waals surface area (Å²) in [6, 6.07) is 18.0. The van der Waals surface area contributed by atoms with Gasteiger partial charge in [0.1, 0.15) is 34.3 Å². The van der Waals surface area contributed by atoms with Gasteiger partial charge in [0.05, 0.1) is 21.3 Å². The molecule has 8 nitrogen and oxygen atoms in total. The minimum absolute atomic E-state index is 0. The molecular weight excluding hydrogens is 470 g/mol. The Kier molecular flexibility index (Phi) is 10.5. The third kappa shape index (κ3) is 7.52. The quantitative estimate of drug-likeness (QED) is 0.224. The summed E-state index contributed by atoms with van der Waals surface area (Å²) < 4.78 is 38.2. The van der Waals surface area contributed by atoms with Crippen LogP contribution in [0.3, 0.4) is 0 Å². The molecule has 3 aromatic rings. The van der Waals surface area contributed by atoms with Gasteiger partial charge in [0.2, 0.25) is 0 Å². The van der Waals surface area contributed by atoms with Crippen molar-refractivity contribution in [2.75, 3.05) is 21.3 Å². The standard InChI is InChI=1S/C24H25O8P.Na/c1-28-18-12-9-17(10-13-18)11-14-21(25)24-22(29-2)15-20(16-23(24)30-3)32-33(26,27)31-19-7-5-4-6-8-19;/h4-10,12-13,15-16H,11,14H2,1-3H3,(H,26,27);/q;+1/p-1. The topological polar surface area (TPSA) is 103 Å². The summed E-state index contributed by atoms with van der Waals surface area (Å²) in [6.07, 6.45) is 0.685. The molecule has 3 aromatic carbocycles. The van der Waals surface area contributed by atoms with Crippen LogP contribution >= 0.6 is 7.82 Å². The number of para-hydroxylation sites is 1. The second-order valence-corrected chi connectivity index (χ2v) is 8.18. The first-order valence-electron chi connectivity index (χ1n) is 10.0. The fraction of sp³-hybridized carbons (Fsp3) is 0.208. The van der Waals surface area contributed by atoms with Gasteiger partial charge in [-0.1, -0.05) is 30.3 Å². The molecule has 0 saturated heterocycles. The molecule has 0 bridgehead atoms. The number of aryl methyl sites for hydroxylation is 1. The number of ether oxygens (including phenoxy) is 3. The normalized spacial score (nSPS) is 12.0. The van der Waals surface area contributed by atoms with E-state index in [0.717, 1.165) is 11.3 Å². The molecule has 0 heterocycles. The maximum Gasteiger partial charge on any atom is 1.00 e. The molecule has 0 amide bonds. The van der Waals surface area contributed by atoms with Gasteiger partial charge in [0.15, 0.2) is 5.78 Å². The van der Waals surface area contributed by atoms with Gasteiger partial charge in [-0.15, -0.1) is 0 Å². The molecule has 0 fully saturated rings. The Balaban J connectivity index is 0.00000408. The summed E-state index contributed by atoms with van der Waals surface area (Å²) in [6.45, 7) is 0. The van der Waals surface area contributed by atoms with E-state index < -0.39 is 7.82 Å². The third-order valence-electron chi connectivity index (χ3n) is 4.74. The zero-order valence-corrected chi connectivity index (χ0v) is 22.4. The Labute approximate surface area is 220 Å². The largest absolute Gasteiger partial charge is 1.00 e. The number of ketones is 1. The van der Waals surface area contributed by atoms with E-state index in [2.05, 4.69) is 0 Å². The molecule has 34 heavy (non-hydrogen) atoms. The first-order valence-corrected chi connectivity index (χ1v) is 11.5. The summed E-state index contributed by atoms with van der Waals surface area (Å²) in [5.41, 5.74) is 1.16. The predicted molar refractivity (Wildman–Crippen MR) is 120 cm³/mol. The van der Waals surface area contributed by atoms with E-state index in [1.54, 1.807) is 25.3 Å². The van der Waals surface area contributed by atoms with E-state index in [-0.39, 0.29) is 70.3 Å². The molecule has 3 rings (SSSR count). The number of phosphoric ester groups is 1. The van der Waals surface area contributed by atoms with E-state index >= 15 is 0 Å². The van der Waals surface area contributed by atoms with Crippen molar-refractivity contribution in [2.45, 2.75) is 12.8 Å². The number of carbonyl (C=O) groups excluding carboxylic acids is 1. The maximum absolute atomic E-state index is 13.0. The number of rotatable bonds is 11. The van der Waals surface area contributed by atoms with Crippen molar-refractivity contribution in [3.05, 3.63) is 77.9 Å². The van der Waals surface area contributed by atoms with Gasteiger partial charge in [-0.3, -0.25) is 4.79 Å². The molecule has 174 valence electrons. The number of hydrogen-bond acceptors (Lipinski definition) is 8. The average Bonchev–Trinajstić information content (AvgIpc) is 2.82. The summed E-state index contributed by atoms with van der Waals surface area (Å²) in [5.74, 6) is 0.769. The van der Waals surface area contributed by atoms with Crippen LogP contribution in [0.2, 0.25) is 0 Å². The fourth-order valence-corrected chi connectivity index (χ4v) is 3.93. The molecule has 0 spiro atoms. The van der Waals surface area contributed by atoms with E-state index in [1.165, 1.54) is 38.5 Å². The number of benzene rings is 3. The van der Waals surface area contributed by atoms with Crippen LogP contribution in [0.1, 0.15) is 22.3 Å². The van der Waals surface area contributed by atoms with Gasteiger partial charge in [-0.05, 0) is 36.2 Å². The Morgan fingerprint density at radius 3 is 1.88 bits per heavy atom. The summed E-state index contributed by atoms with van der Waals surface area (Å²) >= 11 is 0. The zero-order valence-electron chi connectivity index (χ0n) is 19.5. The first-order chi connectivity index (χ1) is 15.8. The first kappa shape index (κ1) is 27.8. The van der Waals surface area contributed by atoms with E-state index in [1.807, 2.05) is 24.3 Å². The SMILES string of the molecule is COc1ccc(CCC(=O)c2c(OC)cc(OP(=O)([O-])Oc3ccccc3)cc2OC)cc1.[Na+]. The van der Waals surface area contributed by atoms with Gasteiger partial charge < -0.3 is 28.2 Å². The molecule has 0 aliphatic rings. The molecule has 1 unspecified atom stereocenters.